The van der Waals surface area contributed by atoms with E-state index in [0.717, 1.165) is 19.5 Å². The van der Waals surface area contributed by atoms with E-state index >= 15 is 0 Å². The van der Waals surface area contributed by atoms with Crippen LogP contribution in [-0.4, -0.2) is 36.6 Å². The summed E-state index contributed by atoms with van der Waals surface area (Å²) in [6.45, 7) is 4.13. The number of hydrogen-bond donors (Lipinski definition) is 3. The minimum atomic E-state index is -0.771. The summed E-state index contributed by atoms with van der Waals surface area (Å²) in [7, 11) is 0. The van der Waals surface area contributed by atoms with Crippen molar-refractivity contribution in [3.05, 3.63) is 0 Å². The van der Waals surface area contributed by atoms with Gasteiger partial charge in [-0.1, -0.05) is 6.92 Å². The lowest BCUT2D eigenvalue weighted by Crippen LogP contribution is -2.44. The quantitative estimate of drug-likeness (QED) is 0.544. The first kappa shape index (κ1) is 13.0. The number of carboxylic acids is 1. The summed E-state index contributed by atoms with van der Waals surface area (Å²) in [5.74, 6) is -0.535. The molecule has 0 aromatic rings. The maximum absolute atomic E-state index is 11.4. The molecule has 0 bridgehead atoms. The van der Waals surface area contributed by atoms with Crippen molar-refractivity contribution in [3.63, 3.8) is 0 Å². The molecule has 0 aromatic heterocycles. The first-order chi connectivity index (χ1) is 7.59. The fourth-order valence-corrected chi connectivity index (χ4v) is 1.59. The third-order valence-corrected chi connectivity index (χ3v) is 2.90. The molecule has 1 atom stereocenters. The van der Waals surface area contributed by atoms with Crippen molar-refractivity contribution in [1.29, 1.82) is 0 Å². The zero-order chi connectivity index (χ0) is 12.0. The Kier molecular flexibility index (Phi) is 5.25. The molecular weight excluding hydrogens is 208 g/mol. The molecule has 0 spiro atoms. The van der Waals surface area contributed by atoms with Gasteiger partial charge in [0.05, 0.1) is 5.92 Å². The summed E-state index contributed by atoms with van der Waals surface area (Å²) < 4.78 is 0. The van der Waals surface area contributed by atoms with Crippen molar-refractivity contribution in [2.75, 3.05) is 19.6 Å². The van der Waals surface area contributed by atoms with Crippen LogP contribution >= 0.6 is 0 Å². The van der Waals surface area contributed by atoms with E-state index < -0.39 is 5.97 Å². The SMILES string of the molecule is CC(CCCNC(=O)CC1CNC1)C(=O)O. The van der Waals surface area contributed by atoms with Crippen molar-refractivity contribution < 1.29 is 14.7 Å². The minimum absolute atomic E-state index is 0.0782. The third-order valence-electron chi connectivity index (χ3n) is 2.90. The van der Waals surface area contributed by atoms with Gasteiger partial charge >= 0.3 is 5.97 Å². The van der Waals surface area contributed by atoms with E-state index in [0.29, 0.717) is 25.3 Å². The lowest BCUT2D eigenvalue weighted by Gasteiger charge is -2.26. The van der Waals surface area contributed by atoms with Gasteiger partial charge in [0.1, 0.15) is 0 Å². The average molecular weight is 228 g/mol. The van der Waals surface area contributed by atoms with E-state index in [2.05, 4.69) is 10.6 Å². The second kappa shape index (κ2) is 6.48. The molecule has 0 aliphatic carbocycles. The zero-order valence-electron chi connectivity index (χ0n) is 9.66. The number of hydrogen-bond acceptors (Lipinski definition) is 3. The van der Waals surface area contributed by atoms with E-state index in [1.165, 1.54) is 0 Å². The zero-order valence-corrected chi connectivity index (χ0v) is 9.66. The molecule has 0 aromatic carbocycles. The molecule has 1 unspecified atom stereocenters. The van der Waals surface area contributed by atoms with Crippen LogP contribution in [0.3, 0.4) is 0 Å². The lowest BCUT2D eigenvalue weighted by molar-refractivity contribution is -0.141. The van der Waals surface area contributed by atoms with Gasteiger partial charge in [-0.25, -0.2) is 0 Å². The van der Waals surface area contributed by atoms with Crippen LogP contribution in [0.15, 0.2) is 0 Å². The highest BCUT2D eigenvalue weighted by Crippen LogP contribution is 2.08. The molecule has 1 saturated heterocycles. The van der Waals surface area contributed by atoms with Crippen molar-refractivity contribution in [2.24, 2.45) is 11.8 Å². The largest absolute Gasteiger partial charge is 0.481 e. The minimum Gasteiger partial charge on any atom is -0.481 e. The summed E-state index contributed by atoms with van der Waals surface area (Å²) in [4.78, 5) is 21.9. The highest BCUT2D eigenvalue weighted by molar-refractivity contribution is 5.76. The van der Waals surface area contributed by atoms with Gasteiger partial charge in [0, 0.05) is 13.0 Å². The van der Waals surface area contributed by atoms with E-state index in [-0.39, 0.29) is 11.8 Å². The van der Waals surface area contributed by atoms with Gasteiger partial charge < -0.3 is 15.7 Å². The van der Waals surface area contributed by atoms with Crippen LogP contribution in [0.25, 0.3) is 0 Å². The standard InChI is InChI=1S/C11H20N2O3/c1-8(11(15)16)3-2-4-13-10(14)5-9-6-12-7-9/h8-9,12H,2-7H2,1H3,(H,13,14)(H,15,16). The molecule has 3 N–H and O–H groups in total. The van der Waals surface area contributed by atoms with Crippen LogP contribution < -0.4 is 10.6 Å². The fourth-order valence-electron chi connectivity index (χ4n) is 1.59. The van der Waals surface area contributed by atoms with E-state index in [1.807, 2.05) is 0 Å². The van der Waals surface area contributed by atoms with Gasteiger partial charge in [-0.15, -0.1) is 0 Å². The van der Waals surface area contributed by atoms with Crippen LogP contribution in [0.2, 0.25) is 0 Å². The van der Waals surface area contributed by atoms with Gasteiger partial charge in [-0.2, -0.15) is 0 Å². The Morgan fingerprint density at radius 1 is 1.50 bits per heavy atom. The smallest absolute Gasteiger partial charge is 0.306 e. The summed E-state index contributed by atoms with van der Waals surface area (Å²) in [6, 6.07) is 0. The predicted molar refractivity (Wildman–Crippen MR) is 60.0 cm³/mol. The molecule has 16 heavy (non-hydrogen) atoms. The van der Waals surface area contributed by atoms with Crippen LogP contribution in [0, 0.1) is 11.8 Å². The molecule has 92 valence electrons. The number of amides is 1. The average Bonchev–Trinajstić information content (AvgIpc) is 2.18. The van der Waals surface area contributed by atoms with E-state index in [9.17, 15) is 9.59 Å². The Labute approximate surface area is 95.6 Å². The van der Waals surface area contributed by atoms with E-state index in [1.54, 1.807) is 6.92 Å². The highest BCUT2D eigenvalue weighted by Gasteiger charge is 2.19. The van der Waals surface area contributed by atoms with Gasteiger partial charge in [-0.3, -0.25) is 9.59 Å². The van der Waals surface area contributed by atoms with Gasteiger partial charge in [-0.05, 0) is 31.8 Å². The van der Waals surface area contributed by atoms with Crippen molar-refractivity contribution in [1.82, 2.24) is 10.6 Å². The monoisotopic (exact) mass is 228 g/mol. The Hall–Kier alpha value is -1.10. The fraction of sp³-hybridized carbons (Fsp3) is 0.818. The van der Waals surface area contributed by atoms with Gasteiger partial charge in [0.2, 0.25) is 5.91 Å². The van der Waals surface area contributed by atoms with Crippen molar-refractivity contribution in [3.8, 4) is 0 Å². The highest BCUT2D eigenvalue weighted by atomic mass is 16.4. The molecule has 1 rings (SSSR count). The Balaban J connectivity index is 1.97. The first-order valence-electron chi connectivity index (χ1n) is 5.80. The summed E-state index contributed by atoms with van der Waals surface area (Å²) in [5, 5.41) is 14.6. The summed E-state index contributed by atoms with van der Waals surface area (Å²) >= 11 is 0. The number of rotatable bonds is 7. The first-order valence-corrected chi connectivity index (χ1v) is 5.80. The molecule has 1 aliphatic rings. The van der Waals surface area contributed by atoms with Crippen LogP contribution in [0.5, 0.6) is 0 Å². The molecule has 1 fully saturated rings. The van der Waals surface area contributed by atoms with Crippen LogP contribution in [0.4, 0.5) is 0 Å². The maximum Gasteiger partial charge on any atom is 0.306 e. The topological polar surface area (TPSA) is 78.4 Å². The molecule has 1 heterocycles. The molecule has 0 saturated carbocycles. The molecule has 5 heteroatoms. The Morgan fingerprint density at radius 3 is 2.69 bits per heavy atom. The normalized spacial score (nSPS) is 17.6. The number of carbonyl (C=O) groups excluding carboxylic acids is 1. The van der Waals surface area contributed by atoms with E-state index in [4.69, 9.17) is 5.11 Å². The Bertz CT molecular complexity index is 252. The van der Waals surface area contributed by atoms with Gasteiger partial charge in [0.15, 0.2) is 0 Å². The number of carbonyl (C=O) groups is 2. The predicted octanol–water partition coefficient (Wildman–Crippen LogP) is 0.213. The second-order valence-corrected chi connectivity index (χ2v) is 4.46. The van der Waals surface area contributed by atoms with Crippen molar-refractivity contribution >= 4 is 11.9 Å². The molecular formula is C11H20N2O3. The Morgan fingerprint density at radius 2 is 2.19 bits per heavy atom. The maximum atomic E-state index is 11.4. The number of aliphatic carboxylic acids is 1. The summed E-state index contributed by atoms with van der Waals surface area (Å²) in [6.07, 6.45) is 1.92. The molecule has 0 radical (unpaired) electrons. The molecule has 1 aliphatic heterocycles. The molecule has 1 amide bonds. The second-order valence-electron chi connectivity index (χ2n) is 4.46. The molecule has 5 nitrogen and oxygen atoms in total. The van der Waals surface area contributed by atoms with Gasteiger partial charge in [0.25, 0.3) is 0 Å². The summed E-state index contributed by atoms with van der Waals surface area (Å²) in [5.41, 5.74) is 0. The van der Waals surface area contributed by atoms with Crippen LogP contribution in [-0.2, 0) is 9.59 Å². The number of nitrogens with one attached hydrogen (secondary N) is 2. The lowest BCUT2D eigenvalue weighted by atomic mass is 9.99. The number of carboxylic acid groups (broad SMARTS) is 1. The third kappa shape index (κ3) is 4.61. The van der Waals surface area contributed by atoms with Crippen LogP contribution in [0.1, 0.15) is 26.2 Å². The van der Waals surface area contributed by atoms with Crippen molar-refractivity contribution in [2.45, 2.75) is 26.2 Å².